The molecule has 0 N–H and O–H groups in total. The molecule has 0 atom stereocenters. The van der Waals surface area contributed by atoms with Crippen molar-refractivity contribution in [2.45, 2.75) is 0 Å². The van der Waals surface area contributed by atoms with Gasteiger partial charge >= 0.3 is 5.97 Å². The van der Waals surface area contributed by atoms with Gasteiger partial charge in [-0.05, 0) is 17.5 Å². The van der Waals surface area contributed by atoms with Crippen LogP contribution >= 0.6 is 0 Å². The first-order valence-electron chi connectivity index (χ1n) is 5.45. The number of methoxy groups -OCH3 is 1. The molecule has 1 heterocycles. The fourth-order valence-electron chi connectivity index (χ4n) is 1.89. The Morgan fingerprint density at radius 1 is 1.11 bits per heavy atom. The Morgan fingerprint density at radius 3 is 2.28 bits per heavy atom. The first kappa shape index (κ1) is 10.7. The van der Waals surface area contributed by atoms with E-state index in [4.69, 9.17) is 8.83 Å². The van der Waals surface area contributed by atoms with E-state index in [1.54, 1.807) is 0 Å². The Labute approximate surface area is 102 Å². The molecule has 2 aromatic carbocycles. The zero-order valence-electron chi connectivity index (χ0n) is 9.67. The summed E-state index contributed by atoms with van der Waals surface area (Å²) >= 11 is 0. The molecule has 3 aromatic rings. The smallest absolute Gasteiger partial charge is 0.337 e. The largest absolute Gasteiger partial charge is 0.466 e. The molecule has 0 aliphatic heterocycles. The molecule has 0 aliphatic carbocycles. The molecule has 4 heteroatoms. The van der Waals surface area contributed by atoms with E-state index in [-0.39, 0.29) is 5.61 Å². The molecule has 0 aliphatic rings. The standard InChI is InChI=1S/C14H10O4/c1-16-12(15)8-13-17-10-6-2-4-9-5-3-7-11(18-13)14(9)10/h2-8H,1H3. The van der Waals surface area contributed by atoms with Gasteiger partial charge in [0.05, 0.1) is 12.5 Å². The summed E-state index contributed by atoms with van der Waals surface area (Å²) < 4.78 is 15.6. The topological polar surface area (TPSA) is 52.6 Å². The van der Waals surface area contributed by atoms with E-state index in [9.17, 15) is 4.79 Å². The number of hydrogen-bond acceptors (Lipinski definition) is 4. The van der Waals surface area contributed by atoms with Gasteiger partial charge in [0.2, 0.25) is 0 Å². The maximum atomic E-state index is 11.2. The van der Waals surface area contributed by atoms with Crippen molar-refractivity contribution < 1.29 is 18.4 Å². The molecule has 3 rings (SSSR count). The minimum absolute atomic E-state index is 0.119. The second-order valence-electron chi connectivity index (χ2n) is 3.80. The molecule has 0 saturated heterocycles. The predicted molar refractivity (Wildman–Crippen MR) is 66.5 cm³/mol. The highest BCUT2D eigenvalue weighted by Gasteiger charge is 2.06. The van der Waals surface area contributed by atoms with Gasteiger partial charge in [-0.1, -0.05) is 24.3 Å². The molecule has 0 bridgehead atoms. The zero-order valence-corrected chi connectivity index (χ0v) is 9.67. The number of hydrogen-bond donors (Lipinski definition) is 0. The first-order valence-corrected chi connectivity index (χ1v) is 5.45. The molecule has 18 heavy (non-hydrogen) atoms. The summed E-state index contributed by atoms with van der Waals surface area (Å²) in [5.41, 5.74) is 1.46. The number of rotatable bonds is 1. The SMILES string of the molecule is COC(=O)C=c1oc2cccc3cccc(o1)c32. The molecule has 4 nitrogen and oxygen atoms in total. The predicted octanol–water partition coefficient (Wildman–Crippen LogP) is 2.41. The monoisotopic (exact) mass is 242 g/mol. The number of benzene rings is 2. The van der Waals surface area contributed by atoms with Crippen LogP contribution in [0.2, 0.25) is 0 Å². The molecule has 0 radical (unpaired) electrons. The summed E-state index contributed by atoms with van der Waals surface area (Å²) in [7, 11) is 1.30. The molecule has 90 valence electrons. The van der Waals surface area contributed by atoms with Crippen molar-refractivity contribution in [1.82, 2.24) is 0 Å². The molecule has 0 saturated carbocycles. The Morgan fingerprint density at radius 2 is 1.72 bits per heavy atom. The second kappa shape index (κ2) is 4.07. The van der Waals surface area contributed by atoms with Crippen molar-refractivity contribution in [3.8, 4) is 0 Å². The van der Waals surface area contributed by atoms with Crippen LogP contribution in [0.3, 0.4) is 0 Å². The van der Waals surface area contributed by atoms with E-state index in [1.165, 1.54) is 13.2 Å². The molecular weight excluding hydrogens is 232 g/mol. The van der Waals surface area contributed by atoms with Gasteiger partial charge in [-0.15, -0.1) is 0 Å². The Kier molecular flexibility index (Phi) is 2.41. The van der Waals surface area contributed by atoms with E-state index in [2.05, 4.69) is 4.74 Å². The Balaban J connectivity index is 2.40. The van der Waals surface area contributed by atoms with E-state index in [0.717, 1.165) is 10.8 Å². The lowest BCUT2D eigenvalue weighted by molar-refractivity contribution is -0.133. The van der Waals surface area contributed by atoms with Crippen LogP contribution < -0.4 is 5.61 Å². The van der Waals surface area contributed by atoms with Crippen LogP contribution in [0.5, 0.6) is 0 Å². The van der Waals surface area contributed by atoms with Crippen molar-refractivity contribution in [2.75, 3.05) is 7.11 Å². The first-order chi connectivity index (χ1) is 8.78. The highest BCUT2D eigenvalue weighted by Crippen LogP contribution is 2.24. The molecule has 1 aromatic heterocycles. The normalized spacial score (nSPS) is 10.7. The Bertz CT molecular complexity index is 740. The van der Waals surface area contributed by atoms with Crippen molar-refractivity contribution >= 4 is 34.0 Å². The summed E-state index contributed by atoms with van der Waals surface area (Å²) in [6.07, 6.45) is 1.18. The van der Waals surface area contributed by atoms with Crippen LogP contribution in [0.15, 0.2) is 45.2 Å². The van der Waals surface area contributed by atoms with E-state index in [1.807, 2.05) is 36.4 Å². The van der Waals surface area contributed by atoms with Crippen molar-refractivity contribution in [1.29, 1.82) is 0 Å². The van der Waals surface area contributed by atoms with Gasteiger partial charge in [0.15, 0.2) is 0 Å². The summed E-state index contributed by atoms with van der Waals surface area (Å²) in [6.45, 7) is 0. The summed E-state index contributed by atoms with van der Waals surface area (Å²) in [4.78, 5) is 11.2. The minimum Gasteiger partial charge on any atom is -0.466 e. The van der Waals surface area contributed by atoms with Gasteiger partial charge in [0.1, 0.15) is 17.2 Å². The molecule has 0 fully saturated rings. The van der Waals surface area contributed by atoms with Gasteiger partial charge in [0, 0.05) is 0 Å². The van der Waals surface area contributed by atoms with Gasteiger partial charge < -0.3 is 13.6 Å². The highest BCUT2D eigenvalue weighted by atomic mass is 16.5. The summed E-state index contributed by atoms with van der Waals surface area (Å²) in [5, 5.41) is 1.93. The number of ether oxygens (including phenoxy) is 1. The van der Waals surface area contributed by atoms with Crippen LogP contribution in [0, 0.1) is 0 Å². The van der Waals surface area contributed by atoms with E-state index in [0.29, 0.717) is 11.2 Å². The molecular formula is C14H10O4. The average Bonchev–Trinajstić information content (AvgIpc) is 2.39. The van der Waals surface area contributed by atoms with Crippen LogP contribution in [0.4, 0.5) is 0 Å². The average molecular weight is 242 g/mol. The van der Waals surface area contributed by atoms with Gasteiger partial charge in [-0.2, -0.15) is 0 Å². The van der Waals surface area contributed by atoms with Crippen LogP contribution in [-0.4, -0.2) is 13.1 Å². The van der Waals surface area contributed by atoms with E-state index < -0.39 is 5.97 Å². The highest BCUT2D eigenvalue weighted by molar-refractivity contribution is 6.05. The van der Waals surface area contributed by atoms with Crippen molar-refractivity contribution in [3.05, 3.63) is 42.0 Å². The number of esters is 1. The van der Waals surface area contributed by atoms with E-state index >= 15 is 0 Å². The third-order valence-electron chi connectivity index (χ3n) is 2.69. The van der Waals surface area contributed by atoms with Crippen LogP contribution in [0.1, 0.15) is 0 Å². The lowest BCUT2D eigenvalue weighted by Crippen LogP contribution is -2.06. The van der Waals surface area contributed by atoms with Gasteiger partial charge in [-0.25, -0.2) is 4.79 Å². The maximum Gasteiger partial charge on any atom is 0.337 e. The minimum atomic E-state index is -0.517. The van der Waals surface area contributed by atoms with Gasteiger partial charge in [0.25, 0.3) is 5.61 Å². The lowest BCUT2D eigenvalue weighted by Gasteiger charge is -2.03. The van der Waals surface area contributed by atoms with Gasteiger partial charge in [-0.3, -0.25) is 0 Å². The Hall–Kier alpha value is -2.49. The molecule has 0 spiro atoms. The third kappa shape index (κ3) is 1.68. The van der Waals surface area contributed by atoms with Crippen LogP contribution in [-0.2, 0) is 9.53 Å². The summed E-state index contributed by atoms with van der Waals surface area (Å²) in [5.74, 6) is -0.517. The zero-order chi connectivity index (χ0) is 12.5. The van der Waals surface area contributed by atoms with Crippen molar-refractivity contribution in [2.24, 2.45) is 0 Å². The lowest BCUT2D eigenvalue weighted by atomic mass is 10.1. The summed E-state index contributed by atoms with van der Waals surface area (Å²) in [6, 6.07) is 11.4. The molecule has 0 amide bonds. The number of carbonyl (C=O) groups excluding carboxylic acids is 1. The maximum absolute atomic E-state index is 11.2. The third-order valence-corrected chi connectivity index (χ3v) is 2.69. The van der Waals surface area contributed by atoms with Crippen LogP contribution in [0.25, 0.3) is 28.0 Å². The quantitative estimate of drug-likeness (QED) is 0.615. The van der Waals surface area contributed by atoms with Crippen molar-refractivity contribution in [3.63, 3.8) is 0 Å². The molecule has 0 unspecified atom stereocenters. The number of carbonyl (C=O) groups is 1. The second-order valence-corrected chi connectivity index (χ2v) is 3.80. The fourth-order valence-corrected chi connectivity index (χ4v) is 1.89. The fraction of sp³-hybridized carbons (Fsp3) is 0.0714.